The fraction of sp³-hybridized carbons (Fsp3) is 0.533. The number of rotatable bonds is 8. The summed E-state index contributed by atoms with van der Waals surface area (Å²) in [6.45, 7) is 21.1. The summed E-state index contributed by atoms with van der Waals surface area (Å²) in [6, 6.07) is 21.8. The molecule has 0 aromatic heterocycles. The first-order valence-corrected chi connectivity index (χ1v) is 17.8. The summed E-state index contributed by atoms with van der Waals surface area (Å²) in [5.74, 6) is 0. The van der Waals surface area contributed by atoms with E-state index in [4.69, 9.17) is 13.6 Å². The van der Waals surface area contributed by atoms with Gasteiger partial charge in [-0.3, -0.25) is 0 Å². The van der Waals surface area contributed by atoms with Gasteiger partial charge >= 0.3 is 0 Å². The van der Waals surface area contributed by atoms with Crippen LogP contribution in [0.5, 0.6) is 0 Å². The van der Waals surface area contributed by atoms with Crippen LogP contribution in [0.25, 0.3) is 0 Å². The summed E-state index contributed by atoms with van der Waals surface area (Å²) in [5.41, 5.74) is 0. The monoisotopic (exact) mass is 510 g/mol. The lowest BCUT2D eigenvalue weighted by molar-refractivity contribution is -0.00286. The van der Waals surface area contributed by atoms with E-state index in [0.29, 0.717) is 6.61 Å². The summed E-state index contributed by atoms with van der Waals surface area (Å²) in [4.78, 5) is 0. The molecule has 3 rings (SSSR count). The van der Waals surface area contributed by atoms with Gasteiger partial charge in [-0.05, 0) is 40.5 Å². The third kappa shape index (κ3) is 6.08. The van der Waals surface area contributed by atoms with Crippen molar-refractivity contribution in [2.45, 2.75) is 96.4 Å². The summed E-state index contributed by atoms with van der Waals surface area (Å²) in [7, 11) is -4.58. The summed E-state index contributed by atoms with van der Waals surface area (Å²) in [5, 5.41) is 2.69. The highest BCUT2D eigenvalue weighted by Gasteiger charge is 2.53. The average molecular weight is 511 g/mol. The van der Waals surface area contributed by atoms with Crippen LogP contribution in [0.4, 0.5) is 0 Å². The van der Waals surface area contributed by atoms with E-state index in [0.717, 1.165) is 6.42 Å². The normalized spacial score (nSPS) is 22.1. The molecule has 1 fully saturated rings. The number of ether oxygens (including phenoxy) is 1. The molecule has 2 aromatic rings. The summed E-state index contributed by atoms with van der Waals surface area (Å²) < 4.78 is 20.7. The van der Waals surface area contributed by atoms with Crippen molar-refractivity contribution >= 4 is 27.0 Å². The molecule has 1 saturated heterocycles. The van der Waals surface area contributed by atoms with Crippen LogP contribution in [0.3, 0.4) is 0 Å². The minimum Gasteiger partial charge on any atom is -0.414 e. The molecule has 2 aromatic carbocycles. The molecule has 1 aliphatic heterocycles. The fourth-order valence-corrected chi connectivity index (χ4v) is 10.5. The third-order valence-corrected chi connectivity index (χ3v) is 17.4. The van der Waals surface area contributed by atoms with E-state index < -0.39 is 16.6 Å². The van der Waals surface area contributed by atoms with Gasteiger partial charge in [0.2, 0.25) is 0 Å². The third-order valence-electron chi connectivity index (χ3n) is 7.80. The van der Waals surface area contributed by atoms with Crippen molar-refractivity contribution in [2.75, 3.05) is 6.61 Å². The molecule has 192 valence electrons. The minimum absolute atomic E-state index is 0.0349. The van der Waals surface area contributed by atoms with Crippen LogP contribution >= 0.6 is 0 Å². The quantitative estimate of drug-likeness (QED) is 0.293. The predicted molar refractivity (Wildman–Crippen MR) is 154 cm³/mol. The minimum atomic E-state index is -2.67. The zero-order chi connectivity index (χ0) is 25.9. The van der Waals surface area contributed by atoms with Gasteiger partial charge in [0.1, 0.15) is 6.10 Å². The molecular formula is C30H46O3Si2. The van der Waals surface area contributed by atoms with E-state index in [1.165, 1.54) is 10.4 Å². The lowest BCUT2D eigenvalue weighted by atomic mass is 10.1. The molecule has 0 amide bonds. The Morgan fingerprint density at radius 2 is 1.37 bits per heavy atom. The van der Waals surface area contributed by atoms with E-state index in [1.54, 1.807) is 0 Å². The second-order valence-corrected chi connectivity index (χ2v) is 21.4. The molecule has 1 heterocycles. The van der Waals surface area contributed by atoms with E-state index in [-0.39, 0.29) is 28.4 Å². The van der Waals surface area contributed by atoms with Gasteiger partial charge in [0.25, 0.3) is 8.32 Å². The van der Waals surface area contributed by atoms with E-state index >= 15 is 0 Å². The lowest BCUT2D eigenvalue weighted by Crippen LogP contribution is -2.68. The highest BCUT2D eigenvalue weighted by Crippen LogP contribution is 2.41. The molecule has 0 bridgehead atoms. The Bertz CT molecular complexity index is 919. The second-order valence-electron chi connectivity index (χ2n) is 12.4. The maximum Gasteiger partial charge on any atom is 0.261 e. The molecular weight excluding hydrogens is 464 g/mol. The molecule has 0 saturated carbocycles. The maximum absolute atomic E-state index is 7.49. The van der Waals surface area contributed by atoms with E-state index in [1.807, 2.05) is 0 Å². The zero-order valence-corrected chi connectivity index (χ0v) is 25.3. The second kappa shape index (κ2) is 10.9. The lowest BCUT2D eigenvalue weighted by Gasteiger charge is -2.45. The number of hydrogen-bond donors (Lipinski definition) is 0. The molecule has 3 atom stereocenters. The maximum atomic E-state index is 7.49. The Hall–Kier alpha value is -1.51. The molecule has 1 aliphatic rings. The van der Waals surface area contributed by atoms with Gasteiger partial charge in [0.15, 0.2) is 8.32 Å². The molecule has 0 spiro atoms. The van der Waals surface area contributed by atoms with Gasteiger partial charge < -0.3 is 13.6 Å². The van der Waals surface area contributed by atoms with E-state index in [2.05, 4.69) is 134 Å². The van der Waals surface area contributed by atoms with Crippen LogP contribution in [-0.4, -0.2) is 41.6 Å². The van der Waals surface area contributed by atoms with Crippen molar-refractivity contribution in [1.29, 1.82) is 0 Å². The van der Waals surface area contributed by atoms with Crippen LogP contribution < -0.4 is 10.4 Å². The van der Waals surface area contributed by atoms with Crippen LogP contribution in [0, 0.1) is 0 Å². The Kier molecular flexibility index (Phi) is 8.70. The largest absolute Gasteiger partial charge is 0.414 e. The number of allylic oxidation sites excluding steroid dienone is 1. The van der Waals surface area contributed by atoms with Crippen LogP contribution in [0.2, 0.25) is 23.2 Å². The van der Waals surface area contributed by atoms with Gasteiger partial charge in [-0.2, -0.15) is 0 Å². The van der Waals surface area contributed by atoms with Crippen molar-refractivity contribution in [1.82, 2.24) is 0 Å². The first kappa shape index (κ1) is 28.1. The Morgan fingerprint density at radius 3 is 1.80 bits per heavy atom. The van der Waals surface area contributed by atoms with Crippen molar-refractivity contribution in [3.8, 4) is 0 Å². The van der Waals surface area contributed by atoms with E-state index in [9.17, 15) is 0 Å². The van der Waals surface area contributed by atoms with Gasteiger partial charge in [-0.1, -0.05) is 114 Å². The molecule has 0 aliphatic carbocycles. The van der Waals surface area contributed by atoms with Crippen molar-refractivity contribution in [2.24, 2.45) is 0 Å². The van der Waals surface area contributed by atoms with Crippen LogP contribution in [-0.2, 0) is 13.6 Å². The topological polar surface area (TPSA) is 27.7 Å². The zero-order valence-electron chi connectivity index (χ0n) is 23.3. The van der Waals surface area contributed by atoms with Gasteiger partial charge in [0, 0.05) is 6.42 Å². The Balaban J connectivity index is 2.04. The molecule has 35 heavy (non-hydrogen) atoms. The van der Waals surface area contributed by atoms with Crippen LogP contribution in [0.15, 0.2) is 72.8 Å². The van der Waals surface area contributed by atoms with Crippen molar-refractivity contribution in [3.05, 3.63) is 72.8 Å². The van der Waals surface area contributed by atoms with Crippen LogP contribution in [0.1, 0.15) is 54.9 Å². The molecule has 3 nitrogen and oxygen atoms in total. The SMILES string of the molecule is C/C=C\[C@@H]1C[C@H](O[Si](c2ccccc2)(c2ccccc2)C(C)(C)C)[C@@H](CO[Si](C)(C)C(C)(C)C)O1. The Morgan fingerprint density at radius 1 is 0.857 bits per heavy atom. The highest BCUT2D eigenvalue weighted by molar-refractivity contribution is 6.99. The molecule has 0 unspecified atom stereocenters. The highest BCUT2D eigenvalue weighted by atomic mass is 28.4. The number of benzene rings is 2. The first-order chi connectivity index (χ1) is 16.3. The smallest absolute Gasteiger partial charge is 0.261 e. The number of hydrogen-bond acceptors (Lipinski definition) is 3. The van der Waals surface area contributed by atoms with Crippen molar-refractivity contribution in [3.63, 3.8) is 0 Å². The average Bonchev–Trinajstić information content (AvgIpc) is 3.17. The fourth-order valence-electron chi connectivity index (χ4n) is 4.78. The van der Waals surface area contributed by atoms with Gasteiger partial charge in [-0.25, -0.2) is 0 Å². The summed E-state index contributed by atoms with van der Waals surface area (Å²) in [6.07, 6.45) is 5.02. The summed E-state index contributed by atoms with van der Waals surface area (Å²) >= 11 is 0. The standard InChI is InChI=1S/C30H46O3Si2/c1-10-17-24-22-27(28(32-24)23-31-34(8,9)29(2,3)4)33-35(30(5,6)7,25-18-13-11-14-19-25)26-20-15-12-16-21-26/h10-21,24,27-28H,22-23H2,1-9H3/b17-10-/t24-,27+,28-/m1/s1. The molecule has 0 N–H and O–H groups in total. The molecule has 0 radical (unpaired) electrons. The first-order valence-electron chi connectivity index (χ1n) is 13.0. The molecule has 5 heteroatoms. The predicted octanol–water partition coefficient (Wildman–Crippen LogP) is 6.69. The Labute approximate surface area is 216 Å². The van der Waals surface area contributed by atoms with Crippen molar-refractivity contribution < 1.29 is 13.6 Å². The van der Waals surface area contributed by atoms with Gasteiger partial charge in [-0.15, -0.1) is 0 Å². The van der Waals surface area contributed by atoms with Gasteiger partial charge in [0.05, 0.1) is 18.8 Å².